The number of alkyl halides is 2. The largest absolute Gasteiger partial charge is 0.369 e. The molecular formula is C25H42Cl2N5O10P2+. The summed E-state index contributed by atoms with van der Waals surface area (Å²) in [7, 11) is -11.0. The molecule has 8 N–H and O–H groups in total. The first-order valence-electron chi connectivity index (χ1n) is 13.9. The van der Waals surface area contributed by atoms with Crippen LogP contribution in [0.15, 0.2) is 24.3 Å². The zero-order valence-electron chi connectivity index (χ0n) is 24.4. The lowest BCUT2D eigenvalue weighted by molar-refractivity contribution is -0.137. The second-order valence-electron chi connectivity index (χ2n) is 10.8. The van der Waals surface area contributed by atoms with Crippen LogP contribution in [0.4, 0.5) is 5.69 Å². The molecule has 1 aromatic rings. The van der Waals surface area contributed by atoms with Crippen LogP contribution in [0.1, 0.15) is 25.3 Å². The molecule has 1 heterocycles. The highest BCUT2D eigenvalue weighted by Crippen LogP contribution is 2.69. The van der Waals surface area contributed by atoms with E-state index in [1.54, 1.807) is 36.1 Å². The van der Waals surface area contributed by atoms with E-state index in [-0.39, 0.29) is 54.6 Å². The summed E-state index contributed by atoms with van der Waals surface area (Å²) in [4.78, 5) is 78.0. The average molecular weight is 705 g/mol. The Kier molecular flexibility index (Phi) is 14.4. The Morgan fingerprint density at radius 1 is 1.05 bits per heavy atom. The minimum atomic E-state index is -5.51. The molecule has 19 heteroatoms. The van der Waals surface area contributed by atoms with Crippen molar-refractivity contribution in [1.82, 2.24) is 19.6 Å². The fourth-order valence-electron chi connectivity index (χ4n) is 4.96. The number of carbonyl (C=O) groups is 3. The van der Waals surface area contributed by atoms with E-state index < -0.39 is 44.7 Å². The molecule has 0 saturated carbocycles. The van der Waals surface area contributed by atoms with Gasteiger partial charge >= 0.3 is 21.6 Å². The molecule has 0 bridgehead atoms. The van der Waals surface area contributed by atoms with E-state index in [0.717, 1.165) is 12.0 Å². The molecule has 3 amide bonds. The summed E-state index contributed by atoms with van der Waals surface area (Å²) in [5.74, 6) is -0.305. The maximum Gasteiger partial charge on any atom is 0.369 e. The fourth-order valence-corrected chi connectivity index (χ4v) is 7.82. The van der Waals surface area contributed by atoms with Gasteiger partial charge in [-0.05, 0) is 44.0 Å². The second kappa shape index (κ2) is 16.4. The van der Waals surface area contributed by atoms with Crippen molar-refractivity contribution in [2.45, 2.75) is 43.4 Å². The molecule has 1 aromatic carbocycles. The number of quaternary nitrogens is 1. The van der Waals surface area contributed by atoms with E-state index in [1.807, 2.05) is 4.90 Å². The molecule has 0 aromatic heterocycles. The summed E-state index contributed by atoms with van der Waals surface area (Å²) >= 11 is 11.8. The lowest BCUT2D eigenvalue weighted by atomic mass is 10.0. The van der Waals surface area contributed by atoms with Gasteiger partial charge in [-0.1, -0.05) is 12.1 Å². The SMILES string of the molecule is C[C@H](NC(=O)[C@@H](N)Cc1ccc([N+](C=O)(CCCl)CCCl)cc1)C(=O)N1CCN(CCCC(O)(P(=O)(O)O)P(=O)(O)O)CC1. The number of hydrogen-bond donors (Lipinski definition) is 7. The van der Waals surface area contributed by atoms with E-state index in [1.165, 1.54) is 0 Å². The number of halogens is 2. The number of rotatable bonds is 17. The van der Waals surface area contributed by atoms with Crippen LogP contribution in [0.25, 0.3) is 0 Å². The van der Waals surface area contributed by atoms with Gasteiger partial charge in [-0.25, -0.2) is 9.28 Å². The Bertz CT molecular complexity index is 1200. The second-order valence-corrected chi connectivity index (χ2v) is 15.6. The summed E-state index contributed by atoms with van der Waals surface area (Å²) in [6, 6.07) is 5.29. The van der Waals surface area contributed by atoms with Gasteiger partial charge in [0.15, 0.2) is 0 Å². The smallest absolute Gasteiger partial charge is 0.368 e. The number of piperazine rings is 1. The zero-order chi connectivity index (χ0) is 33.3. The Balaban J connectivity index is 1.86. The number of nitrogens with zero attached hydrogens (tertiary/aromatic N) is 3. The zero-order valence-corrected chi connectivity index (χ0v) is 27.7. The van der Waals surface area contributed by atoms with Gasteiger partial charge in [0.05, 0.1) is 17.8 Å². The minimum Gasteiger partial charge on any atom is -0.368 e. The van der Waals surface area contributed by atoms with Crippen molar-refractivity contribution in [3.05, 3.63) is 29.8 Å². The third-order valence-electron chi connectivity index (χ3n) is 7.74. The average Bonchev–Trinajstić information content (AvgIpc) is 2.96. The van der Waals surface area contributed by atoms with Crippen molar-refractivity contribution in [2.75, 3.05) is 57.6 Å². The first kappa shape index (κ1) is 38.7. The number of benzene rings is 1. The highest BCUT2D eigenvalue weighted by molar-refractivity contribution is 7.72. The van der Waals surface area contributed by atoms with Crippen LogP contribution < -0.4 is 15.5 Å². The van der Waals surface area contributed by atoms with Crippen molar-refractivity contribution in [3.8, 4) is 0 Å². The number of hydrogen-bond acceptors (Lipinski definition) is 8. The predicted molar refractivity (Wildman–Crippen MR) is 166 cm³/mol. The summed E-state index contributed by atoms with van der Waals surface area (Å²) in [6.07, 6.45) is 0.0834. The van der Waals surface area contributed by atoms with Crippen molar-refractivity contribution in [2.24, 2.45) is 5.73 Å². The standard InChI is InChI=1S/C25H41Cl2N5O10P2/c1-19(24(35)31-13-11-30(12-14-31)10-2-7-25(36,43(37,38)39)44(40,41)42)29-23(34)22(28)17-20-3-5-21(6-4-20)32(18-33,15-8-26)16-9-27/h3-6,18-19,22,36H,2,7-17,28H2,1H3,(H4-,29,34,37,38,39,40,41,42)/p+1/t19-,22-/m0/s1. The van der Waals surface area contributed by atoms with E-state index >= 15 is 0 Å². The third kappa shape index (κ3) is 9.78. The van der Waals surface area contributed by atoms with Crippen LogP contribution in [-0.2, 0) is 29.9 Å². The van der Waals surface area contributed by atoms with Gasteiger partial charge in [0.1, 0.15) is 24.8 Å². The van der Waals surface area contributed by atoms with Crippen molar-refractivity contribution >= 4 is 62.3 Å². The highest BCUT2D eigenvalue weighted by Gasteiger charge is 2.58. The predicted octanol–water partition coefficient (Wildman–Crippen LogP) is -0.0717. The Labute approximate surface area is 266 Å². The quantitative estimate of drug-likeness (QED) is 0.0489. The number of amides is 3. The Hall–Kier alpha value is -1.45. The first-order valence-corrected chi connectivity index (χ1v) is 18.2. The molecule has 0 spiro atoms. The van der Waals surface area contributed by atoms with Gasteiger partial charge in [0.25, 0.3) is 5.08 Å². The maximum atomic E-state index is 13.0. The molecule has 2 rings (SSSR count). The highest BCUT2D eigenvalue weighted by atomic mass is 35.5. The first-order chi connectivity index (χ1) is 20.4. The number of aliphatic hydroxyl groups is 1. The van der Waals surface area contributed by atoms with E-state index in [0.29, 0.717) is 31.9 Å². The molecule has 1 aliphatic rings. The number of carbonyl (C=O) groups excluding carboxylic acids is 3. The van der Waals surface area contributed by atoms with Crippen LogP contribution in [0.3, 0.4) is 0 Å². The van der Waals surface area contributed by atoms with E-state index in [2.05, 4.69) is 5.32 Å². The lowest BCUT2D eigenvalue weighted by Gasteiger charge is -2.36. The maximum absolute atomic E-state index is 13.0. The van der Waals surface area contributed by atoms with Gasteiger partial charge in [-0.2, -0.15) is 0 Å². The molecular weight excluding hydrogens is 663 g/mol. The van der Waals surface area contributed by atoms with Gasteiger partial charge in [-0.3, -0.25) is 23.6 Å². The van der Waals surface area contributed by atoms with Gasteiger partial charge < -0.3 is 40.6 Å². The van der Waals surface area contributed by atoms with Gasteiger partial charge in [0, 0.05) is 32.6 Å². The molecule has 0 aliphatic carbocycles. The van der Waals surface area contributed by atoms with Crippen LogP contribution in [-0.4, -0.2) is 127 Å². The van der Waals surface area contributed by atoms with Gasteiger partial charge in [0.2, 0.25) is 11.8 Å². The van der Waals surface area contributed by atoms with Crippen molar-refractivity contribution in [1.29, 1.82) is 0 Å². The molecule has 250 valence electrons. The summed E-state index contributed by atoms with van der Waals surface area (Å²) in [5, 5.41) is 9.20. The van der Waals surface area contributed by atoms with E-state index in [9.17, 15) is 48.2 Å². The van der Waals surface area contributed by atoms with Gasteiger partial charge in [-0.15, -0.1) is 23.2 Å². The third-order valence-corrected chi connectivity index (χ3v) is 12.0. The van der Waals surface area contributed by atoms with Crippen LogP contribution in [0, 0.1) is 0 Å². The molecule has 2 atom stereocenters. The monoisotopic (exact) mass is 704 g/mol. The molecule has 1 fully saturated rings. The van der Waals surface area contributed by atoms with Crippen molar-refractivity contribution < 1.29 is 48.2 Å². The lowest BCUT2D eigenvalue weighted by Crippen LogP contribution is -2.56. The summed E-state index contributed by atoms with van der Waals surface area (Å²) in [5.41, 5.74) is 7.59. The van der Waals surface area contributed by atoms with Crippen LogP contribution in [0.2, 0.25) is 0 Å². The molecule has 1 saturated heterocycles. The van der Waals surface area contributed by atoms with Crippen LogP contribution in [0.5, 0.6) is 0 Å². The molecule has 0 unspecified atom stereocenters. The van der Waals surface area contributed by atoms with E-state index in [4.69, 9.17) is 28.9 Å². The number of nitrogens with one attached hydrogen (secondary N) is 1. The summed E-state index contributed by atoms with van der Waals surface area (Å²) in [6.45, 7) is 3.79. The topological polar surface area (TPSA) is 231 Å². The molecule has 15 nitrogen and oxygen atoms in total. The minimum absolute atomic E-state index is 0.0235. The summed E-state index contributed by atoms with van der Waals surface area (Å²) < 4.78 is 23.0. The molecule has 1 aliphatic heterocycles. The Morgan fingerprint density at radius 2 is 1.57 bits per heavy atom. The van der Waals surface area contributed by atoms with Crippen molar-refractivity contribution in [3.63, 3.8) is 0 Å². The molecule has 0 radical (unpaired) electrons. The fraction of sp³-hybridized carbons (Fsp3) is 0.640. The number of nitrogens with two attached hydrogens (primary N) is 1. The normalized spacial score (nSPS) is 16.8. The Morgan fingerprint density at radius 3 is 2.02 bits per heavy atom. The van der Waals surface area contributed by atoms with Crippen LogP contribution >= 0.6 is 38.4 Å². The molecule has 44 heavy (non-hydrogen) atoms.